The molecular formula is C21H24O2. The molecule has 0 amide bonds. The van der Waals surface area contributed by atoms with Crippen LogP contribution in [0, 0.1) is 29.1 Å². The van der Waals surface area contributed by atoms with Gasteiger partial charge in [0.1, 0.15) is 11.5 Å². The number of phenols is 1. The highest BCUT2D eigenvalue weighted by Gasteiger charge is 2.54. The number of hydrogen-bond donors (Lipinski definition) is 1. The molecule has 0 aromatic heterocycles. The maximum Gasteiger partial charge on any atom is 0.139 e. The molecule has 3 unspecified atom stereocenters. The van der Waals surface area contributed by atoms with Crippen molar-refractivity contribution >= 4 is 5.78 Å². The first-order valence-electron chi connectivity index (χ1n) is 8.86. The van der Waals surface area contributed by atoms with Gasteiger partial charge in [-0.05, 0) is 80.0 Å². The van der Waals surface area contributed by atoms with Crippen LogP contribution in [0.1, 0.15) is 68.6 Å². The predicted octanol–water partition coefficient (Wildman–Crippen LogP) is 4.19. The monoisotopic (exact) mass is 308 g/mol. The molecule has 0 heterocycles. The highest BCUT2D eigenvalue weighted by Crippen LogP contribution is 2.59. The topological polar surface area (TPSA) is 37.3 Å². The number of hydrogen-bond acceptors (Lipinski definition) is 2. The lowest BCUT2D eigenvalue weighted by Gasteiger charge is -2.48. The molecule has 2 fully saturated rings. The molecule has 120 valence electrons. The number of carbonyl (C=O) groups is 1. The number of carbonyl (C=O) groups excluding carboxylic acids is 1. The highest BCUT2D eigenvalue weighted by atomic mass is 16.3. The number of Topliss-reactive ketones (excluding diaryl/α,β-unsaturated/α-hetero) is 1. The molecule has 0 radical (unpaired) electrons. The van der Waals surface area contributed by atoms with Gasteiger partial charge in [0.15, 0.2) is 0 Å². The lowest BCUT2D eigenvalue weighted by atomic mass is 9.55. The second-order valence-corrected chi connectivity index (χ2v) is 7.78. The quantitative estimate of drug-likeness (QED) is 0.730. The Hall–Kier alpha value is -1.75. The highest BCUT2D eigenvalue weighted by molar-refractivity contribution is 5.87. The van der Waals surface area contributed by atoms with Crippen molar-refractivity contribution < 1.29 is 9.90 Å². The number of rotatable bonds is 0. The fourth-order valence-corrected chi connectivity index (χ4v) is 5.61. The van der Waals surface area contributed by atoms with Gasteiger partial charge in [-0.25, -0.2) is 0 Å². The molecule has 4 atom stereocenters. The standard InChI is InChI=1S/C21H24O2/c1-3-4-14-11-17-13(12-19(14)22)5-6-16-15(17)9-10-21(2)18(16)7-8-20(21)23/h11-12,15-16,18,22H,5-10H2,1-2H3/t15?,16?,18?,21-/m0/s1. The van der Waals surface area contributed by atoms with E-state index >= 15 is 0 Å². The summed E-state index contributed by atoms with van der Waals surface area (Å²) < 4.78 is 0. The third-order valence-electron chi connectivity index (χ3n) is 6.81. The smallest absolute Gasteiger partial charge is 0.139 e. The second kappa shape index (κ2) is 5.13. The van der Waals surface area contributed by atoms with E-state index in [-0.39, 0.29) is 5.41 Å². The van der Waals surface area contributed by atoms with E-state index in [1.54, 1.807) is 6.92 Å². The summed E-state index contributed by atoms with van der Waals surface area (Å²) in [6.07, 6.45) is 6.14. The maximum atomic E-state index is 12.4. The zero-order valence-corrected chi connectivity index (χ0v) is 14.0. The summed E-state index contributed by atoms with van der Waals surface area (Å²) in [4.78, 5) is 12.4. The number of phenolic OH excluding ortho intramolecular Hbond substituents is 1. The molecule has 0 spiro atoms. The molecule has 3 aliphatic carbocycles. The minimum Gasteiger partial charge on any atom is -0.507 e. The first kappa shape index (κ1) is 14.8. The van der Waals surface area contributed by atoms with Crippen molar-refractivity contribution in [3.8, 4) is 17.6 Å². The summed E-state index contributed by atoms with van der Waals surface area (Å²) in [5.41, 5.74) is 3.36. The Kier molecular flexibility index (Phi) is 3.30. The SMILES string of the molecule is CC#Cc1cc2c(cc1O)CCC1C2CC[C@]2(C)C(=O)CCC12. The normalized spacial score (nSPS) is 34.9. The molecule has 0 bridgehead atoms. The zero-order valence-electron chi connectivity index (χ0n) is 14.0. The number of fused-ring (bicyclic) bond motifs is 5. The lowest BCUT2D eigenvalue weighted by molar-refractivity contribution is -0.129. The molecule has 3 aliphatic rings. The Bertz CT molecular complexity index is 736. The zero-order chi connectivity index (χ0) is 16.2. The van der Waals surface area contributed by atoms with Gasteiger partial charge < -0.3 is 5.11 Å². The molecular weight excluding hydrogens is 284 g/mol. The molecule has 0 aliphatic heterocycles. The van der Waals surface area contributed by atoms with Gasteiger partial charge in [0.25, 0.3) is 0 Å². The number of aromatic hydroxyl groups is 1. The van der Waals surface area contributed by atoms with Crippen LogP contribution in [0.15, 0.2) is 12.1 Å². The fraction of sp³-hybridized carbons (Fsp3) is 0.571. The van der Waals surface area contributed by atoms with Gasteiger partial charge in [-0.2, -0.15) is 0 Å². The van der Waals surface area contributed by atoms with Crippen LogP contribution in [0.5, 0.6) is 5.75 Å². The van der Waals surface area contributed by atoms with Crippen LogP contribution in [0.3, 0.4) is 0 Å². The van der Waals surface area contributed by atoms with Crippen LogP contribution in [0.25, 0.3) is 0 Å². The number of ketones is 1. The van der Waals surface area contributed by atoms with E-state index in [1.165, 1.54) is 11.1 Å². The molecule has 4 rings (SSSR count). The first-order chi connectivity index (χ1) is 11.0. The van der Waals surface area contributed by atoms with Gasteiger partial charge in [-0.1, -0.05) is 12.8 Å². The van der Waals surface area contributed by atoms with Crippen LogP contribution in [0.4, 0.5) is 0 Å². The Labute approximate surface area is 138 Å². The summed E-state index contributed by atoms with van der Waals surface area (Å²) in [6.45, 7) is 4.02. The van der Waals surface area contributed by atoms with Crippen molar-refractivity contribution in [1.29, 1.82) is 0 Å². The van der Waals surface area contributed by atoms with Gasteiger partial charge >= 0.3 is 0 Å². The second-order valence-electron chi connectivity index (χ2n) is 7.78. The minimum atomic E-state index is -0.0678. The summed E-state index contributed by atoms with van der Waals surface area (Å²) in [6, 6.07) is 4.05. The molecule has 1 aromatic carbocycles. The molecule has 2 heteroatoms. The van der Waals surface area contributed by atoms with Crippen LogP contribution >= 0.6 is 0 Å². The minimum absolute atomic E-state index is 0.0678. The van der Waals surface area contributed by atoms with Gasteiger partial charge in [0.05, 0.1) is 5.56 Å². The predicted molar refractivity (Wildman–Crippen MR) is 90.3 cm³/mol. The van der Waals surface area contributed by atoms with Gasteiger partial charge in [0, 0.05) is 11.8 Å². The summed E-state index contributed by atoms with van der Waals surface area (Å²) in [5, 5.41) is 10.2. The van der Waals surface area contributed by atoms with Crippen molar-refractivity contribution in [2.75, 3.05) is 0 Å². The van der Waals surface area contributed by atoms with E-state index < -0.39 is 0 Å². The lowest BCUT2D eigenvalue weighted by Crippen LogP contribution is -2.42. The van der Waals surface area contributed by atoms with E-state index in [4.69, 9.17) is 0 Å². The Morgan fingerprint density at radius 2 is 2.04 bits per heavy atom. The number of benzene rings is 1. The third-order valence-corrected chi connectivity index (χ3v) is 6.81. The summed E-state index contributed by atoms with van der Waals surface area (Å²) >= 11 is 0. The Balaban J connectivity index is 1.75. The van der Waals surface area contributed by atoms with E-state index in [0.29, 0.717) is 29.3 Å². The fourth-order valence-electron chi connectivity index (χ4n) is 5.61. The van der Waals surface area contributed by atoms with E-state index in [2.05, 4.69) is 24.8 Å². The molecule has 1 aromatic rings. The summed E-state index contributed by atoms with van der Waals surface area (Å²) in [7, 11) is 0. The third kappa shape index (κ3) is 2.06. The molecule has 2 saturated carbocycles. The van der Waals surface area contributed by atoms with Gasteiger partial charge in [-0.15, -0.1) is 5.92 Å². The van der Waals surface area contributed by atoms with Gasteiger partial charge in [-0.3, -0.25) is 4.79 Å². The van der Waals surface area contributed by atoms with Crippen molar-refractivity contribution in [2.24, 2.45) is 17.3 Å². The van der Waals surface area contributed by atoms with Crippen molar-refractivity contribution in [2.45, 2.75) is 58.3 Å². The van der Waals surface area contributed by atoms with Crippen LogP contribution in [-0.2, 0) is 11.2 Å². The molecule has 1 N–H and O–H groups in total. The Morgan fingerprint density at radius 1 is 1.22 bits per heavy atom. The van der Waals surface area contributed by atoms with Crippen LogP contribution in [-0.4, -0.2) is 10.9 Å². The van der Waals surface area contributed by atoms with Gasteiger partial charge in [0.2, 0.25) is 0 Å². The first-order valence-corrected chi connectivity index (χ1v) is 8.86. The van der Waals surface area contributed by atoms with Crippen molar-refractivity contribution in [3.63, 3.8) is 0 Å². The molecule has 23 heavy (non-hydrogen) atoms. The average molecular weight is 308 g/mol. The summed E-state index contributed by atoms with van der Waals surface area (Å²) in [5.74, 6) is 8.45. The maximum absolute atomic E-state index is 12.4. The molecule has 0 saturated heterocycles. The van der Waals surface area contributed by atoms with Crippen LogP contribution < -0.4 is 0 Å². The van der Waals surface area contributed by atoms with Crippen molar-refractivity contribution in [3.05, 3.63) is 28.8 Å². The van der Waals surface area contributed by atoms with E-state index in [0.717, 1.165) is 44.1 Å². The van der Waals surface area contributed by atoms with E-state index in [9.17, 15) is 9.90 Å². The average Bonchev–Trinajstić information content (AvgIpc) is 2.84. The molecule has 2 nitrogen and oxygen atoms in total. The number of aryl methyl sites for hydroxylation is 1. The Morgan fingerprint density at radius 3 is 2.83 bits per heavy atom. The van der Waals surface area contributed by atoms with E-state index in [1.807, 2.05) is 6.07 Å². The largest absolute Gasteiger partial charge is 0.507 e. The van der Waals surface area contributed by atoms with Crippen molar-refractivity contribution in [1.82, 2.24) is 0 Å². The van der Waals surface area contributed by atoms with Crippen LogP contribution in [0.2, 0.25) is 0 Å².